The predicted octanol–water partition coefficient (Wildman–Crippen LogP) is 1.06. The lowest BCUT2D eigenvalue weighted by atomic mass is 9.86. The number of halogens is 1. The Morgan fingerprint density at radius 3 is 2.93 bits per heavy atom. The molecule has 15 heavy (non-hydrogen) atoms. The van der Waals surface area contributed by atoms with Crippen molar-refractivity contribution < 1.29 is 9.18 Å². The highest BCUT2D eigenvalue weighted by molar-refractivity contribution is 5.86. The fraction of sp³-hybridized carbons (Fsp3) is 0.364. The second kappa shape index (κ2) is 3.62. The first-order valence-electron chi connectivity index (χ1n) is 4.94. The van der Waals surface area contributed by atoms with Gasteiger partial charge in [0, 0.05) is 12.1 Å². The number of nitrogens with one attached hydrogen (secondary N) is 1. The first kappa shape index (κ1) is 10.1. The molecule has 0 aromatic heterocycles. The maximum atomic E-state index is 13.6. The van der Waals surface area contributed by atoms with Crippen molar-refractivity contribution in [1.29, 1.82) is 0 Å². The number of carbonyl (C=O) groups excluding carboxylic acids is 1. The van der Waals surface area contributed by atoms with Crippen molar-refractivity contribution in [3.05, 3.63) is 35.1 Å². The Labute approximate surface area is 87.5 Å². The molecular formula is C11H13FN2O. The van der Waals surface area contributed by atoms with Gasteiger partial charge in [0.05, 0.1) is 12.0 Å². The Morgan fingerprint density at radius 1 is 1.53 bits per heavy atom. The van der Waals surface area contributed by atoms with Crippen LogP contribution in [0.3, 0.4) is 0 Å². The highest BCUT2D eigenvalue weighted by Crippen LogP contribution is 2.31. The van der Waals surface area contributed by atoms with Gasteiger partial charge in [0.1, 0.15) is 5.82 Å². The van der Waals surface area contributed by atoms with Gasteiger partial charge in [0.15, 0.2) is 0 Å². The molecule has 1 aromatic carbocycles. The van der Waals surface area contributed by atoms with Gasteiger partial charge in [0.2, 0.25) is 5.91 Å². The minimum Gasteiger partial charge on any atom is -0.349 e. The number of hydrogen-bond acceptors (Lipinski definition) is 2. The summed E-state index contributed by atoms with van der Waals surface area (Å²) < 4.78 is 13.6. The van der Waals surface area contributed by atoms with E-state index >= 15 is 0 Å². The zero-order valence-electron chi connectivity index (χ0n) is 8.46. The Kier molecular flexibility index (Phi) is 2.44. The maximum absolute atomic E-state index is 13.6. The van der Waals surface area contributed by atoms with Gasteiger partial charge >= 0.3 is 0 Å². The van der Waals surface area contributed by atoms with E-state index in [9.17, 15) is 9.18 Å². The summed E-state index contributed by atoms with van der Waals surface area (Å²) >= 11 is 0. The summed E-state index contributed by atoms with van der Waals surface area (Å²) in [5, 5.41) is 2.78. The quantitative estimate of drug-likeness (QED) is 0.725. The topological polar surface area (TPSA) is 55.1 Å². The van der Waals surface area contributed by atoms with E-state index in [0.29, 0.717) is 5.56 Å². The lowest BCUT2D eigenvalue weighted by Gasteiger charge is -2.29. The minimum absolute atomic E-state index is 0.131. The van der Waals surface area contributed by atoms with Gasteiger partial charge in [-0.2, -0.15) is 0 Å². The third-order valence-corrected chi connectivity index (χ3v) is 2.81. The van der Waals surface area contributed by atoms with Crippen LogP contribution in [0.1, 0.15) is 30.0 Å². The Hall–Kier alpha value is -1.42. The van der Waals surface area contributed by atoms with Crippen molar-refractivity contribution in [1.82, 2.24) is 5.32 Å². The molecule has 1 heterocycles. The van der Waals surface area contributed by atoms with Crippen LogP contribution in [0.15, 0.2) is 18.2 Å². The fourth-order valence-corrected chi connectivity index (χ4v) is 2.05. The minimum atomic E-state index is -0.558. The summed E-state index contributed by atoms with van der Waals surface area (Å²) in [4.78, 5) is 11.6. The normalized spacial score (nSPS) is 24.6. The molecule has 1 aliphatic heterocycles. The lowest BCUT2D eigenvalue weighted by molar-refractivity contribution is -0.123. The average molecular weight is 208 g/mol. The monoisotopic (exact) mass is 208 g/mol. The van der Waals surface area contributed by atoms with Crippen LogP contribution in [0.4, 0.5) is 4.39 Å². The second-order valence-electron chi connectivity index (χ2n) is 3.76. The first-order chi connectivity index (χ1) is 7.15. The van der Waals surface area contributed by atoms with Crippen molar-refractivity contribution in [3.63, 3.8) is 0 Å². The average Bonchev–Trinajstić information content (AvgIpc) is 2.20. The molecule has 0 saturated carbocycles. The third kappa shape index (κ3) is 1.51. The highest BCUT2D eigenvalue weighted by Gasteiger charge is 2.32. The molecule has 80 valence electrons. The largest absolute Gasteiger partial charge is 0.349 e. The molecule has 0 aliphatic carbocycles. The molecule has 0 spiro atoms. The molecule has 3 nitrogen and oxygen atoms in total. The Bertz CT molecular complexity index is 406. The van der Waals surface area contributed by atoms with Gasteiger partial charge in [-0.1, -0.05) is 12.1 Å². The van der Waals surface area contributed by atoms with Crippen LogP contribution in [-0.2, 0) is 4.79 Å². The second-order valence-corrected chi connectivity index (χ2v) is 3.76. The van der Waals surface area contributed by atoms with Crippen molar-refractivity contribution in [2.45, 2.75) is 18.9 Å². The molecule has 3 N–H and O–H groups in total. The number of rotatable bonds is 1. The fourth-order valence-electron chi connectivity index (χ4n) is 2.05. The van der Waals surface area contributed by atoms with Crippen molar-refractivity contribution in [2.24, 2.45) is 5.73 Å². The Morgan fingerprint density at radius 2 is 2.27 bits per heavy atom. The smallest absolute Gasteiger partial charge is 0.229 e. The van der Waals surface area contributed by atoms with Gasteiger partial charge in [-0.05, 0) is 18.6 Å². The van der Waals surface area contributed by atoms with Crippen molar-refractivity contribution in [2.75, 3.05) is 6.54 Å². The van der Waals surface area contributed by atoms with Crippen LogP contribution in [-0.4, -0.2) is 12.5 Å². The molecule has 0 bridgehead atoms. The molecule has 0 saturated heterocycles. The summed E-state index contributed by atoms with van der Waals surface area (Å²) in [6.45, 7) is 1.97. The van der Waals surface area contributed by atoms with Crippen molar-refractivity contribution >= 4 is 5.91 Å². The van der Waals surface area contributed by atoms with Gasteiger partial charge in [0.25, 0.3) is 0 Å². The standard InChI is InChI=1S/C11H13FN2O/c1-6-7-3-2-4-9(12)10(7)8(5-13)11(15)14-6/h2-4,6,8H,5,13H2,1H3,(H,14,15). The highest BCUT2D eigenvalue weighted by atomic mass is 19.1. The summed E-state index contributed by atoms with van der Waals surface area (Å²) in [6, 6.07) is 4.69. The van der Waals surface area contributed by atoms with Crippen LogP contribution in [0.2, 0.25) is 0 Å². The number of amides is 1. The van der Waals surface area contributed by atoms with E-state index < -0.39 is 5.92 Å². The molecule has 2 atom stereocenters. The molecule has 1 aromatic rings. The van der Waals surface area contributed by atoms with Gasteiger partial charge in [-0.25, -0.2) is 4.39 Å². The van der Waals surface area contributed by atoms with Crippen molar-refractivity contribution in [3.8, 4) is 0 Å². The summed E-state index contributed by atoms with van der Waals surface area (Å²) in [7, 11) is 0. The molecule has 0 radical (unpaired) electrons. The van der Waals surface area contributed by atoms with Crippen LogP contribution in [0.25, 0.3) is 0 Å². The number of hydrogen-bond donors (Lipinski definition) is 2. The zero-order valence-corrected chi connectivity index (χ0v) is 8.46. The van der Waals surface area contributed by atoms with E-state index in [-0.39, 0.29) is 24.3 Å². The number of carbonyl (C=O) groups is 1. The molecule has 2 rings (SSSR count). The molecular weight excluding hydrogens is 195 g/mol. The van der Waals surface area contributed by atoms with E-state index in [0.717, 1.165) is 5.56 Å². The SMILES string of the molecule is CC1NC(=O)C(CN)c2c(F)cccc21. The molecule has 1 aliphatic rings. The third-order valence-electron chi connectivity index (χ3n) is 2.81. The van der Waals surface area contributed by atoms with Gasteiger partial charge in [-0.3, -0.25) is 4.79 Å². The predicted molar refractivity (Wildman–Crippen MR) is 54.8 cm³/mol. The summed E-state index contributed by atoms with van der Waals surface area (Å²) in [5.41, 5.74) is 6.77. The number of nitrogens with two attached hydrogens (primary N) is 1. The van der Waals surface area contributed by atoms with E-state index in [4.69, 9.17) is 5.73 Å². The van der Waals surface area contributed by atoms with Crippen LogP contribution in [0, 0.1) is 5.82 Å². The van der Waals surface area contributed by atoms with E-state index in [1.807, 2.05) is 13.0 Å². The van der Waals surface area contributed by atoms with Crippen LogP contribution < -0.4 is 11.1 Å². The van der Waals surface area contributed by atoms with Crippen LogP contribution in [0.5, 0.6) is 0 Å². The first-order valence-corrected chi connectivity index (χ1v) is 4.94. The number of benzene rings is 1. The number of fused-ring (bicyclic) bond motifs is 1. The summed E-state index contributed by atoms with van der Waals surface area (Å²) in [5.74, 6) is -1.09. The van der Waals surface area contributed by atoms with E-state index in [1.54, 1.807) is 6.07 Å². The molecule has 4 heteroatoms. The van der Waals surface area contributed by atoms with Crippen LogP contribution >= 0.6 is 0 Å². The Balaban J connectivity index is 2.59. The molecule has 2 unspecified atom stereocenters. The molecule has 1 amide bonds. The molecule has 0 fully saturated rings. The zero-order chi connectivity index (χ0) is 11.0. The van der Waals surface area contributed by atoms with Gasteiger partial charge in [-0.15, -0.1) is 0 Å². The summed E-state index contributed by atoms with van der Waals surface area (Å²) in [6.07, 6.45) is 0. The lowest BCUT2D eigenvalue weighted by Crippen LogP contribution is -2.40. The maximum Gasteiger partial charge on any atom is 0.229 e. The van der Waals surface area contributed by atoms with E-state index in [1.165, 1.54) is 6.07 Å². The van der Waals surface area contributed by atoms with Gasteiger partial charge < -0.3 is 11.1 Å². The van der Waals surface area contributed by atoms with E-state index in [2.05, 4.69) is 5.32 Å².